The first-order chi connectivity index (χ1) is 7.15. The average molecular weight is 246 g/mol. The minimum atomic E-state index is -3.48. The van der Waals surface area contributed by atoms with Gasteiger partial charge in [0.05, 0.1) is 7.11 Å². The fourth-order valence-corrected chi connectivity index (χ4v) is 1.89. The number of carbonyl (C=O) groups excluding carboxylic acids is 1. The first-order valence-corrected chi connectivity index (χ1v) is 8.65. The van der Waals surface area contributed by atoms with Crippen molar-refractivity contribution in [2.24, 2.45) is 5.41 Å². The van der Waals surface area contributed by atoms with Gasteiger partial charge in [-0.1, -0.05) is 25.6 Å². The number of hydrogen-bond acceptors (Lipinski definition) is 2. The molecule has 90 valence electrons. The van der Waals surface area contributed by atoms with E-state index in [1.165, 1.54) is 0 Å². The van der Waals surface area contributed by atoms with Crippen LogP contribution in [0.25, 0.3) is 0 Å². The number of rotatable bonds is 2. The molecular weight excluding hydrogens is 230 g/mol. The van der Waals surface area contributed by atoms with Crippen LogP contribution in [0, 0.1) is 16.9 Å². The second-order valence-electron chi connectivity index (χ2n) is 5.15. The summed E-state index contributed by atoms with van der Waals surface area (Å²) in [6, 6.07) is 0. The molecule has 16 heavy (non-hydrogen) atoms. The van der Waals surface area contributed by atoms with Gasteiger partial charge in [-0.05, 0) is 12.8 Å². The predicted molar refractivity (Wildman–Crippen MR) is 59.8 cm³/mol. The van der Waals surface area contributed by atoms with Crippen molar-refractivity contribution in [1.82, 2.24) is 0 Å². The van der Waals surface area contributed by atoms with Gasteiger partial charge in [-0.25, -0.2) is 4.79 Å². The summed E-state index contributed by atoms with van der Waals surface area (Å²) in [5.74, 6) is -2.33. The second kappa shape index (κ2) is 3.84. The number of ether oxygens (including phenoxy) is 1. The van der Waals surface area contributed by atoms with E-state index in [2.05, 4.69) is 16.2 Å². The van der Waals surface area contributed by atoms with Crippen LogP contribution >= 0.6 is 0 Å². The minimum absolute atomic E-state index is 0.270. The number of esters is 1. The van der Waals surface area contributed by atoms with Crippen LogP contribution in [0.2, 0.25) is 19.6 Å². The quantitative estimate of drug-likeness (QED) is 0.425. The summed E-state index contributed by atoms with van der Waals surface area (Å²) in [4.78, 5) is 11.0. The molecular formula is C11H16F2O2Si. The van der Waals surface area contributed by atoms with Crippen LogP contribution < -0.4 is 0 Å². The molecule has 0 unspecified atom stereocenters. The SMILES string of the molecule is COC(=O)C(F)(F)C1(C#C[Si](C)(C)C)CC1. The topological polar surface area (TPSA) is 26.3 Å². The first kappa shape index (κ1) is 13.2. The van der Waals surface area contributed by atoms with Crippen molar-refractivity contribution in [2.75, 3.05) is 7.11 Å². The molecule has 0 saturated heterocycles. The van der Waals surface area contributed by atoms with Crippen LogP contribution in [0.3, 0.4) is 0 Å². The van der Waals surface area contributed by atoms with Gasteiger partial charge in [0.2, 0.25) is 0 Å². The van der Waals surface area contributed by atoms with Crippen LogP contribution in [0.15, 0.2) is 0 Å². The van der Waals surface area contributed by atoms with E-state index in [4.69, 9.17) is 0 Å². The third-order valence-electron chi connectivity index (χ3n) is 2.47. The highest BCUT2D eigenvalue weighted by atomic mass is 28.3. The molecule has 1 rings (SSSR count). The van der Waals surface area contributed by atoms with Gasteiger partial charge >= 0.3 is 11.9 Å². The maximum absolute atomic E-state index is 13.7. The van der Waals surface area contributed by atoms with E-state index in [0.717, 1.165) is 7.11 Å². The number of alkyl halides is 2. The maximum atomic E-state index is 13.7. The molecule has 1 aliphatic carbocycles. The molecule has 0 heterocycles. The summed E-state index contributed by atoms with van der Waals surface area (Å²) >= 11 is 0. The lowest BCUT2D eigenvalue weighted by molar-refractivity contribution is -0.176. The summed E-state index contributed by atoms with van der Waals surface area (Å²) in [6.07, 6.45) is 0.541. The van der Waals surface area contributed by atoms with Crippen LogP contribution in [0.1, 0.15) is 12.8 Å². The van der Waals surface area contributed by atoms with Crippen molar-refractivity contribution >= 4 is 14.0 Å². The molecule has 2 nitrogen and oxygen atoms in total. The van der Waals surface area contributed by atoms with E-state index in [1.807, 2.05) is 19.6 Å². The normalized spacial score (nSPS) is 18.4. The van der Waals surface area contributed by atoms with Gasteiger partial charge in [0.1, 0.15) is 13.5 Å². The minimum Gasteiger partial charge on any atom is -0.465 e. The van der Waals surface area contributed by atoms with Crippen LogP contribution in [0.5, 0.6) is 0 Å². The van der Waals surface area contributed by atoms with Crippen LogP contribution in [-0.2, 0) is 9.53 Å². The Labute approximate surface area is 95.4 Å². The molecule has 0 aromatic heterocycles. The predicted octanol–water partition coefficient (Wildman–Crippen LogP) is 2.46. The highest BCUT2D eigenvalue weighted by Gasteiger charge is 2.66. The molecule has 0 bridgehead atoms. The summed E-state index contributed by atoms with van der Waals surface area (Å²) in [7, 11) is -0.727. The van der Waals surface area contributed by atoms with Crippen molar-refractivity contribution in [3.8, 4) is 11.5 Å². The Morgan fingerprint density at radius 1 is 1.38 bits per heavy atom. The highest BCUT2D eigenvalue weighted by molar-refractivity contribution is 6.83. The monoisotopic (exact) mass is 246 g/mol. The molecule has 0 aliphatic heterocycles. The molecule has 5 heteroatoms. The Morgan fingerprint density at radius 3 is 2.19 bits per heavy atom. The molecule has 0 N–H and O–H groups in total. The van der Waals surface area contributed by atoms with Crippen molar-refractivity contribution in [1.29, 1.82) is 0 Å². The number of carbonyl (C=O) groups is 1. The molecule has 0 aromatic rings. The van der Waals surface area contributed by atoms with Crippen molar-refractivity contribution in [3.63, 3.8) is 0 Å². The molecule has 1 aliphatic rings. The lowest BCUT2D eigenvalue weighted by Crippen LogP contribution is -2.39. The molecule has 1 fully saturated rings. The lowest BCUT2D eigenvalue weighted by atomic mass is 9.99. The summed E-state index contributed by atoms with van der Waals surface area (Å²) in [6.45, 7) is 5.94. The third-order valence-corrected chi connectivity index (χ3v) is 3.34. The Kier molecular flexibility index (Phi) is 3.17. The second-order valence-corrected chi connectivity index (χ2v) is 9.90. The maximum Gasteiger partial charge on any atom is 0.378 e. The van der Waals surface area contributed by atoms with Crippen LogP contribution in [0.4, 0.5) is 8.78 Å². The highest BCUT2D eigenvalue weighted by Crippen LogP contribution is 2.56. The van der Waals surface area contributed by atoms with Gasteiger partial charge in [0.15, 0.2) is 0 Å². The fourth-order valence-electron chi connectivity index (χ4n) is 1.27. The van der Waals surface area contributed by atoms with E-state index < -0.39 is 25.4 Å². The largest absolute Gasteiger partial charge is 0.465 e. The van der Waals surface area contributed by atoms with Crippen molar-refractivity contribution < 1.29 is 18.3 Å². The fraction of sp³-hybridized carbons (Fsp3) is 0.727. The number of halogens is 2. The lowest BCUT2D eigenvalue weighted by Gasteiger charge is -2.19. The Morgan fingerprint density at radius 2 is 1.88 bits per heavy atom. The van der Waals surface area contributed by atoms with E-state index in [1.54, 1.807) is 0 Å². The average Bonchev–Trinajstić information content (AvgIpc) is 2.93. The molecule has 0 radical (unpaired) electrons. The van der Waals surface area contributed by atoms with Gasteiger partial charge in [0.25, 0.3) is 0 Å². The Hall–Kier alpha value is -0.893. The zero-order chi connectivity index (χ0) is 12.6. The molecule has 0 atom stereocenters. The Balaban J connectivity index is 2.94. The summed E-state index contributed by atoms with van der Waals surface area (Å²) in [5.41, 5.74) is 1.45. The Bertz CT molecular complexity index is 356. The van der Waals surface area contributed by atoms with Crippen LogP contribution in [-0.4, -0.2) is 27.1 Å². The zero-order valence-electron chi connectivity index (χ0n) is 9.99. The standard InChI is InChI=1S/C11H16F2O2Si/c1-15-9(14)11(12,13)10(5-6-10)7-8-16(2,3)4/h5-6H2,1-4H3. The van der Waals surface area contributed by atoms with Gasteiger partial charge in [-0.3, -0.25) is 0 Å². The molecule has 0 amide bonds. The van der Waals surface area contributed by atoms with E-state index in [-0.39, 0.29) is 12.8 Å². The first-order valence-electron chi connectivity index (χ1n) is 5.15. The molecule has 0 spiro atoms. The van der Waals surface area contributed by atoms with Gasteiger partial charge in [-0.15, -0.1) is 5.54 Å². The molecule has 1 saturated carbocycles. The van der Waals surface area contributed by atoms with Gasteiger partial charge in [0, 0.05) is 0 Å². The summed E-state index contributed by atoms with van der Waals surface area (Å²) < 4.78 is 31.5. The van der Waals surface area contributed by atoms with Gasteiger partial charge < -0.3 is 4.74 Å². The number of methoxy groups -OCH3 is 1. The summed E-state index contributed by atoms with van der Waals surface area (Å²) in [5, 5.41) is 0. The van der Waals surface area contributed by atoms with E-state index in [9.17, 15) is 13.6 Å². The van der Waals surface area contributed by atoms with E-state index >= 15 is 0 Å². The van der Waals surface area contributed by atoms with E-state index in [0.29, 0.717) is 0 Å². The number of hydrogen-bond donors (Lipinski definition) is 0. The molecule has 0 aromatic carbocycles. The third kappa shape index (κ3) is 2.43. The van der Waals surface area contributed by atoms with Crippen molar-refractivity contribution in [3.05, 3.63) is 0 Å². The smallest absolute Gasteiger partial charge is 0.378 e. The zero-order valence-corrected chi connectivity index (χ0v) is 11.0. The van der Waals surface area contributed by atoms with Crippen molar-refractivity contribution in [2.45, 2.75) is 38.4 Å². The van der Waals surface area contributed by atoms with Gasteiger partial charge in [-0.2, -0.15) is 8.78 Å².